The quantitative estimate of drug-likeness (QED) is 0.762. The summed E-state index contributed by atoms with van der Waals surface area (Å²) < 4.78 is 5.03. The Hall–Kier alpha value is -1.69. The van der Waals surface area contributed by atoms with Gasteiger partial charge in [0.1, 0.15) is 11.5 Å². The van der Waals surface area contributed by atoms with Crippen LogP contribution in [0.5, 0.6) is 0 Å². The third-order valence-electron chi connectivity index (χ3n) is 2.19. The van der Waals surface area contributed by atoms with Crippen LogP contribution in [0, 0.1) is 0 Å². The summed E-state index contributed by atoms with van der Waals surface area (Å²) in [4.78, 5) is 19.7. The van der Waals surface area contributed by atoms with Gasteiger partial charge in [-0.15, -0.1) is 0 Å². The number of aromatic nitrogens is 2. The van der Waals surface area contributed by atoms with Crippen molar-refractivity contribution in [1.29, 1.82) is 0 Å². The van der Waals surface area contributed by atoms with Gasteiger partial charge in [0, 0.05) is 20.2 Å². The standard InChI is InChI=1S/C11H18N4O2/c1-4-12-10-7-13-9(6-14-10)11(16)15-5-8(2)17-3/h6-8H,4-5H2,1-3H3,(H,12,14)(H,15,16). The van der Waals surface area contributed by atoms with Gasteiger partial charge in [-0.3, -0.25) is 4.79 Å². The number of rotatable bonds is 6. The molecule has 1 amide bonds. The van der Waals surface area contributed by atoms with Crippen molar-refractivity contribution in [3.63, 3.8) is 0 Å². The van der Waals surface area contributed by atoms with E-state index in [0.29, 0.717) is 18.1 Å². The topological polar surface area (TPSA) is 76.1 Å². The van der Waals surface area contributed by atoms with E-state index in [1.807, 2.05) is 13.8 Å². The molecule has 1 aromatic rings. The molecule has 1 unspecified atom stereocenters. The molecule has 0 aliphatic rings. The van der Waals surface area contributed by atoms with Crippen LogP contribution in [0.3, 0.4) is 0 Å². The molecule has 6 heteroatoms. The predicted octanol–water partition coefficient (Wildman–Crippen LogP) is 0.673. The third-order valence-corrected chi connectivity index (χ3v) is 2.19. The number of nitrogens with zero attached hydrogens (tertiary/aromatic N) is 2. The molecule has 0 saturated heterocycles. The van der Waals surface area contributed by atoms with Crippen LogP contribution >= 0.6 is 0 Å². The fourth-order valence-electron chi connectivity index (χ4n) is 1.13. The molecule has 6 nitrogen and oxygen atoms in total. The van der Waals surface area contributed by atoms with E-state index in [1.54, 1.807) is 7.11 Å². The molecule has 0 radical (unpaired) electrons. The zero-order chi connectivity index (χ0) is 12.7. The van der Waals surface area contributed by atoms with Gasteiger partial charge in [0.05, 0.1) is 18.5 Å². The van der Waals surface area contributed by atoms with E-state index in [2.05, 4.69) is 20.6 Å². The highest BCUT2D eigenvalue weighted by molar-refractivity contribution is 5.91. The van der Waals surface area contributed by atoms with E-state index in [9.17, 15) is 4.79 Å². The lowest BCUT2D eigenvalue weighted by Crippen LogP contribution is -2.32. The van der Waals surface area contributed by atoms with E-state index in [0.717, 1.165) is 6.54 Å². The lowest BCUT2D eigenvalue weighted by molar-refractivity contribution is 0.0866. The molecule has 1 rings (SSSR count). The van der Waals surface area contributed by atoms with Crippen molar-refractivity contribution in [2.75, 3.05) is 25.5 Å². The molecule has 2 N–H and O–H groups in total. The first-order valence-corrected chi connectivity index (χ1v) is 5.54. The van der Waals surface area contributed by atoms with Gasteiger partial charge in [-0.1, -0.05) is 0 Å². The second-order valence-corrected chi connectivity index (χ2v) is 3.57. The van der Waals surface area contributed by atoms with Crippen molar-refractivity contribution >= 4 is 11.7 Å². The van der Waals surface area contributed by atoms with Crippen LogP contribution in [0.2, 0.25) is 0 Å². The third kappa shape index (κ3) is 4.36. The number of hydrogen-bond acceptors (Lipinski definition) is 5. The number of ether oxygens (including phenoxy) is 1. The lowest BCUT2D eigenvalue weighted by Gasteiger charge is -2.10. The normalized spacial score (nSPS) is 11.9. The fourth-order valence-corrected chi connectivity index (χ4v) is 1.13. The van der Waals surface area contributed by atoms with Gasteiger partial charge in [-0.05, 0) is 13.8 Å². The molecule has 0 fully saturated rings. The highest BCUT2D eigenvalue weighted by atomic mass is 16.5. The van der Waals surface area contributed by atoms with Crippen molar-refractivity contribution in [3.05, 3.63) is 18.1 Å². The molecule has 0 spiro atoms. The molecule has 0 aliphatic carbocycles. The van der Waals surface area contributed by atoms with E-state index in [-0.39, 0.29) is 12.0 Å². The molecule has 17 heavy (non-hydrogen) atoms. The summed E-state index contributed by atoms with van der Waals surface area (Å²) in [5, 5.41) is 5.72. The van der Waals surface area contributed by atoms with Gasteiger partial charge >= 0.3 is 0 Å². The Labute approximate surface area is 101 Å². The number of anilines is 1. The fraction of sp³-hybridized carbons (Fsp3) is 0.545. The zero-order valence-corrected chi connectivity index (χ0v) is 10.4. The van der Waals surface area contributed by atoms with E-state index in [1.165, 1.54) is 12.4 Å². The maximum absolute atomic E-state index is 11.6. The second kappa shape index (κ2) is 6.80. The summed E-state index contributed by atoms with van der Waals surface area (Å²) in [5.41, 5.74) is 0.301. The van der Waals surface area contributed by atoms with Crippen LogP contribution in [-0.2, 0) is 4.74 Å². The van der Waals surface area contributed by atoms with Crippen LogP contribution < -0.4 is 10.6 Å². The first kappa shape index (κ1) is 13.4. The number of amides is 1. The minimum atomic E-state index is -0.246. The summed E-state index contributed by atoms with van der Waals surface area (Å²) in [7, 11) is 1.60. The SMILES string of the molecule is CCNc1cnc(C(=O)NCC(C)OC)cn1. The van der Waals surface area contributed by atoms with Gasteiger partial charge < -0.3 is 15.4 Å². The summed E-state index contributed by atoms with van der Waals surface area (Å²) in [6, 6.07) is 0. The van der Waals surface area contributed by atoms with Crippen molar-refractivity contribution in [1.82, 2.24) is 15.3 Å². The summed E-state index contributed by atoms with van der Waals surface area (Å²) in [6.07, 6.45) is 2.97. The van der Waals surface area contributed by atoms with Crippen molar-refractivity contribution in [2.45, 2.75) is 20.0 Å². The molecule has 0 saturated carbocycles. The monoisotopic (exact) mass is 238 g/mol. The Morgan fingerprint density at radius 2 is 2.24 bits per heavy atom. The Balaban J connectivity index is 2.51. The maximum Gasteiger partial charge on any atom is 0.271 e. The molecule has 1 atom stereocenters. The predicted molar refractivity (Wildman–Crippen MR) is 65.0 cm³/mol. The molecule has 94 valence electrons. The van der Waals surface area contributed by atoms with Gasteiger partial charge in [0.25, 0.3) is 5.91 Å². The molecular weight excluding hydrogens is 220 g/mol. The molecule has 1 heterocycles. The van der Waals surface area contributed by atoms with Crippen molar-refractivity contribution in [2.24, 2.45) is 0 Å². The minimum absolute atomic E-state index is 0.0204. The van der Waals surface area contributed by atoms with Crippen LogP contribution in [-0.4, -0.2) is 42.2 Å². The van der Waals surface area contributed by atoms with Gasteiger partial charge in [0.2, 0.25) is 0 Å². The van der Waals surface area contributed by atoms with Crippen LogP contribution in [0.25, 0.3) is 0 Å². The first-order chi connectivity index (χ1) is 8.17. The Bertz CT molecular complexity index is 353. The highest BCUT2D eigenvalue weighted by Gasteiger charge is 2.09. The lowest BCUT2D eigenvalue weighted by atomic mass is 10.3. The van der Waals surface area contributed by atoms with Crippen LogP contribution in [0.15, 0.2) is 12.4 Å². The molecular formula is C11H18N4O2. The molecule has 0 aliphatic heterocycles. The Morgan fingerprint density at radius 1 is 1.47 bits per heavy atom. The average molecular weight is 238 g/mol. The number of carbonyl (C=O) groups excluding carboxylic acids is 1. The van der Waals surface area contributed by atoms with Gasteiger partial charge in [-0.2, -0.15) is 0 Å². The smallest absolute Gasteiger partial charge is 0.271 e. The molecule has 0 bridgehead atoms. The van der Waals surface area contributed by atoms with E-state index >= 15 is 0 Å². The summed E-state index contributed by atoms with van der Waals surface area (Å²) in [5.74, 6) is 0.416. The van der Waals surface area contributed by atoms with E-state index < -0.39 is 0 Å². The van der Waals surface area contributed by atoms with Crippen molar-refractivity contribution in [3.8, 4) is 0 Å². The Kier molecular flexibility index (Phi) is 5.35. The number of methoxy groups -OCH3 is 1. The maximum atomic E-state index is 11.6. The molecule has 0 aromatic carbocycles. The number of hydrogen-bond donors (Lipinski definition) is 2. The molecule has 1 aromatic heterocycles. The van der Waals surface area contributed by atoms with E-state index in [4.69, 9.17) is 4.74 Å². The first-order valence-electron chi connectivity index (χ1n) is 5.54. The number of nitrogens with one attached hydrogen (secondary N) is 2. The summed E-state index contributed by atoms with van der Waals surface area (Å²) in [6.45, 7) is 5.06. The Morgan fingerprint density at radius 3 is 2.76 bits per heavy atom. The second-order valence-electron chi connectivity index (χ2n) is 3.57. The van der Waals surface area contributed by atoms with Crippen molar-refractivity contribution < 1.29 is 9.53 Å². The number of carbonyl (C=O) groups is 1. The largest absolute Gasteiger partial charge is 0.380 e. The van der Waals surface area contributed by atoms with Gasteiger partial charge in [0.15, 0.2) is 0 Å². The average Bonchev–Trinajstić information content (AvgIpc) is 2.36. The summed E-state index contributed by atoms with van der Waals surface area (Å²) >= 11 is 0. The highest BCUT2D eigenvalue weighted by Crippen LogP contribution is 2.00. The van der Waals surface area contributed by atoms with Crippen LogP contribution in [0.4, 0.5) is 5.82 Å². The zero-order valence-electron chi connectivity index (χ0n) is 10.4. The minimum Gasteiger partial charge on any atom is -0.380 e. The van der Waals surface area contributed by atoms with Gasteiger partial charge in [-0.25, -0.2) is 9.97 Å². The van der Waals surface area contributed by atoms with Crippen LogP contribution in [0.1, 0.15) is 24.3 Å².